The number of amides is 1. The van der Waals surface area contributed by atoms with Crippen LogP contribution in [0.25, 0.3) is 0 Å². The van der Waals surface area contributed by atoms with Crippen molar-refractivity contribution in [3.63, 3.8) is 0 Å². The number of halogens is 1. The molecule has 1 aromatic rings. The minimum Gasteiger partial charge on any atom is -0.493 e. The van der Waals surface area contributed by atoms with Crippen molar-refractivity contribution in [2.75, 3.05) is 47.4 Å². The van der Waals surface area contributed by atoms with E-state index < -0.39 is 0 Å². The summed E-state index contributed by atoms with van der Waals surface area (Å²) in [6, 6.07) is 4.03. The number of fused-ring (bicyclic) bond motifs is 1. The van der Waals surface area contributed by atoms with Crippen LogP contribution < -0.4 is 14.8 Å². The molecule has 0 spiro atoms. The smallest absolute Gasteiger partial charge is 0.222 e. The van der Waals surface area contributed by atoms with E-state index in [4.69, 9.17) is 9.47 Å². The number of ether oxygens (including phenoxy) is 2. The molecule has 0 bridgehead atoms. The molecular weight excluding hydrogens is 507 g/mol. The average Bonchev–Trinajstić information content (AvgIpc) is 2.77. The number of carbonyl (C=O) groups is 1. The summed E-state index contributed by atoms with van der Waals surface area (Å²) in [5.74, 6) is 3.34. The lowest BCUT2D eigenvalue weighted by Gasteiger charge is -2.33. The summed E-state index contributed by atoms with van der Waals surface area (Å²) in [7, 11) is 5.13. The van der Waals surface area contributed by atoms with Crippen LogP contribution in [0.5, 0.6) is 11.5 Å². The van der Waals surface area contributed by atoms with E-state index in [2.05, 4.69) is 22.1 Å². The van der Waals surface area contributed by atoms with Crippen LogP contribution in [-0.4, -0.2) is 69.1 Å². The van der Waals surface area contributed by atoms with Crippen LogP contribution in [-0.2, 0) is 17.8 Å². The number of guanidine groups is 1. The van der Waals surface area contributed by atoms with Crippen LogP contribution in [0.15, 0.2) is 17.1 Å². The Hall–Kier alpha value is -1.71. The van der Waals surface area contributed by atoms with Crippen LogP contribution in [0.3, 0.4) is 0 Å². The Labute approximate surface area is 203 Å². The van der Waals surface area contributed by atoms with Gasteiger partial charge in [0.1, 0.15) is 0 Å². The molecule has 1 atom stereocenters. The molecule has 0 radical (unpaired) electrons. The number of carbonyl (C=O) groups excluding carboxylic acids is 1. The minimum absolute atomic E-state index is 0. The number of rotatable bonds is 6. The minimum atomic E-state index is 0. The molecule has 7 nitrogen and oxygen atoms in total. The monoisotopic (exact) mass is 544 g/mol. The van der Waals surface area contributed by atoms with Gasteiger partial charge in [0.2, 0.25) is 5.91 Å². The lowest BCUT2D eigenvalue weighted by Crippen LogP contribution is -2.46. The molecule has 1 amide bonds. The van der Waals surface area contributed by atoms with Crippen LogP contribution in [0.1, 0.15) is 43.7 Å². The van der Waals surface area contributed by atoms with E-state index in [1.807, 2.05) is 24.1 Å². The van der Waals surface area contributed by atoms with Crippen molar-refractivity contribution < 1.29 is 14.3 Å². The maximum Gasteiger partial charge on any atom is 0.222 e. The van der Waals surface area contributed by atoms with Crippen molar-refractivity contribution in [3.05, 3.63) is 23.3 Å². The fourth-order valence-electron chi connectivity index (χ4n) is 4.41. The SMILES string of the molecule is CN=C(NCCCC(=O)N1CCc2cc(OC)c(OC)cc2C1)N1CCCC(C)C1.I. The van der Waals surface area contributed by atoms with Gasteiger partial charge in [0.05, 0.1) is 14.2 Å². The highest BCUT2D eigenvalue weighted by atomic mass is 127. The molecule has 2 aliphatic heterocycles. The molecule has 1 fully saturated rings. The Balaban J connectivity index is 0.00000341. The first-order valence-corrected chi connectivity index (χ1v) is 11.0. The van der Waals surface area contributed by atoms with Crippen molar-refractivity contribution in [2.24, 2.45) is 10.9 Å². The van der Waals surface area contributed by atoms with Crippen LogP contribution >= 0.6 is 24.0 Å². The highest BCUT2D eigenvalue weighted by molar-refractivity contribution is 14.0. The molecule has 2 aliphatic rings. The Morgan fingerprint density at radius 3 is 2.52 bits per heavy atom. The number of aliphatic imine (C=N–C) groups is 1. The van der Waals surface area contributed by atoms with E-state index >= 15 is 0 Å². The van der Waals surface area contributed by atoms with Gasteiger partial charge < -0.3 is 24.6 Å². The Bertz CT molecular complexity index is 771. The molecule has 3 rings (SSSR count). The zero-order valence-corrected chi connectivity index (χ0v) is 21.6. The number of piperidine rings is 1. The van der Waals surface area contributed by atoms with E-state index in [-0.39, 0.29) is 29.9 Å². The van der Waals surface area contributed by atoms with Crippen molar-refractivity contribution in [1.82, 2.24) is 15.1 Å². The summed E-state index contributed by atoms with van der Waals surface area (Å²) in [4.78, 5) is 21.5. The standard InChI is InChI=1S/C23H36N4O3.HI/c1-17-7-6-11-27(15-17)23(24-2)25-10-5-8-22(28)26-12-9-18-13-20(29-3)21(30-4)14-19(18)16-26;/h13-14,17H,5-12,15-16H2,1-4H3,(H,24,25);1H. The van der Waals surface area contributed by atoms with Gasteiger partial charge in [0.25, 0.3) is 0 Å². The first kappa shape index (κ1) is 25.5. The van der Waals surface area contributed by atoms with Crippen molar-refractivity contribution >= 4 is 35.8 Å². The van der Waals surface area contributed by atoms with E-state index in [0.717, 1.165) is 56.3 Å². The van der Waals surface area contributed by atoms with Gasteiger partial charge in [-0.05, 0) is 54.9 Å². The first-order chi connectivity index (χ1) is 14.5. The Morgan fingerprint density at radius 2 is 1.87 bits per heavy atom. The summed E-state index contributed by atoms with van der Waals surface area (Å²) < 4.78 is 10.8. The van der Waals surface area contributed by atoms with E-state index in [1.54, 1.807) is 14.2 Å². The third-order valence-corrected chi connectivity index (χ3v) is 6.09. The third-order valence-electron chi connectivity index (χ3n) is 6.09. The topological polar surface area (TPSA) is 66.4 Å². The zero-order valence-electron chi connectivity index (χ0n) is 19.3. The largest absolute Gasteiger partial charge is 0.493 e. The molecule has 174 valence electrons. The van der Waals surface area contributed by atoms with Crippen LogP contribution in [0, 0.1) is 5.92 Å². The van der Waals surface area contributed by atoms with Gasteiger partial charge in [-0.15, -0.1) is 24.0 Å². The first-order valence-electron chi connectivity index (χ1n) is 11.0. The van der Waals surface area contributed by atoms with Gasteiger partial charge in [-0.25, -0.2) is 0 Å². The highest BCUT2D eigenvalue weighted by Gasteiger charge is 2.23. The second kappa shape index (κ2) is 12.4. The van der Waals surface area contributed by atoms with Gasteiger partial charge in [-0.3, -0.25) is 9.79 Å². The molecule has 1 saturated heterocycles. The summed E-state index contributed by atoms with van der Waals surface area (Å²) in [5.41, 5.74) is 2.38. The maximum absolute atomic E-state index is 12.7. The molecule has 1 N–H and O–H groups in total. The second-order valence-electron chi connectivity index (χ2n) is 8.31. The summed E-state index contributed by atoms with van der Waals surface area (Å²) >= 11 is 0. The molecule has 0 aromatic heterocycles. The quantitative estimate of drug-likeness (QED) is 0.258. The number of benzene rings is 1. The number of likely N-dealkylation sites (tertiary alicyclic amines) is 1. The van der Waals surface area contributed by atoms with Gasteiger partial charge >= 0.3 is 0 Å². The predicted molar refractivity (Wildman–Crippen MR) is 135 cm³/mol. The van der Waals surface area contributed by atoms with Crippen LogP contribution in [0.2, 0.25) is 0 Å². The highest BCUT2D eigenvalue weighted by Crippen LogP contribution is 2.33. The van der Waals surface area contributed by atoms with E-state index in [9.17, 15) is 4.79 Å². The molecule has 1 aromatic carbocycles. The molecule has 31 heavy (non-hydrogen) atoms. The lowest BCUT2D eigenvalue weighted by molar-refractivity contribution is -0.132. The van der Waals surface area contributed by atoms with Crippen LogP contribution in [0.4, 0.5) is 0 Å². The van der Waals surface area contributed by atoms with Gasteiger partial charge in [0, 0.05) is 46.2 Å². The summed E-state index contributed by atoms with van der Waals surface area (Å²) in [6.07, 6.45) is 4.70. The van der Waals surface area contributed by atoms with E-state index in [0.29, 0.717) is 24.6 Å². The lowest BCUT2D eigenvalue weighted by atomic mass is 9.98. The summed E-state index contributed by atoms with van der Waals surface area (Å²) in [5, 5.41) is 3.44. The average molecular weight is 544 g/mol. The molecule has 0 aliphatic carbocycles. The normalized spacial score (nSPS) is 18.7. The fourth-order valence-corrected chi connectivity index (χ4v) is 4.41. The Kier molecular flexibility index (Phi) is 10.2. The van der Waals surface area contributed by atoms with E-state index in [1.165, 1.54) is 18.4 Å². The molecule has 1 unspecified atom stereocenters. The fraction of sp³-hybridized carbons (Fsp3) is 0.652. The zero-order chi connectivity index (χ0) is 21.5. The number of hydrogen-bond donors (Lipinski definition) is 1. The molecular formula is C23H37IN4O3. The number of nitrogens with one attached hydrogen (secondary N) is 1. The third kappa shape index (κ3) is 6.63. The van der Waals surface area contributed by atoms with Gasteiger partial charge in [-0.2, -0.15) is 0 Å². The molecule has 0 saturated carbocycles. The molecule has 2 heterocycles. The summed E-state index contributed by atoms with van der Waals surface area (Å²) in [6.45, 7) is 6.56. The number of hydrogen-bond acceptors (Lipinski definition) is 4. The molecule has 8 heteroatoms. The number of methoxy groups -OCH3 is 2. The van der Waals surface area contributed by atoms with Crippen molar-refractivity contribution in [2.45, 2.75) is 45.6 Å². The van der Waals surface area contributed by atoms with Gasteiger partial charge in [-0.1, -0.05) is 6.92 Å². The van der Waals surface area contributed by atoms with Gasteiger partial charge in [0.15, 0.2) is 17.5 Å². The maximum atomic E-state index is 12.7. The Morgan fingerprint density at radius 1 is 1.16 bits per heavy atom. The predicted octanol–water partition coefficient (Wildman–Crippen LogP) is 3.29. The second-order valence-corrected chi connectivity index (χ2v) is 8.31. The van der Waals surface area contributed by atoms with Crippen molar-refractivity contribution in [3.8, 4) is 11.5 Å². The van der Waals surface area contributed by atoms with Crippen molar-refractivity contribution in [1.29, 1.82) is 0 Å². The number of nitrogens with zero attached hydrogens (tertiary/aromatic N) is 3.